The van der Waals surface area contributed by atoms with Crippen molar-refractivity contribution in [2.45, 2.75) is 111 Å². The quantitative estimate of drug-likeness (QED) is 0.0831. The molecule has 4 aromatic carbocycles. The minimum absolute atomic E-state index is 0.0145. The number of hydrogen-bond donors (Lipinski definition) is 4. The van der Waals surface area contributed by atoms with E-state index in [9.17, 15) is 41.5 Å². The molecule has 0 spiro atoms. The molecule has 2 aromatic heterocycles. The molecule has 4 aliphatic rings. The van der Waals surface area contributed by atoms with Gasteiger partial charge in [-0.05, 0) is 190 Å². The van der Waals surface area contributed by atoms with Gasteiger partial charge >= 0.3 is 12.2 Å². The number of anilines is 1. The topological polar surface area (TPSA) is 255 Å². The molecule has 10 rings (SSSR count). The second kappa shape index (κ2) is 39.2. The number of aryl methyl sites for hydroxylation is 2. The van der Waals surface area contributed by atoms with E-state index in [1.54, 1.807) is 66.4 Å². The highest BCUT2D eigenvalue weighted by molar-refractivity contribution is 5.78. The summed E-state index contributed by atoms with van der Waals surface area (Å²) in [7, 11) is 3.12. The minimum atomic E-state index is -0.464. The Morgan fingerprint density at radius 3 is 1.23 bits per heavy atom. The smallest absolute Gasteiger partial charge is 0.410 e. The second-order valence-electron chi connectivity index (χ2n) is 25.5. The monoisotopic (exact) mass is 1330 g/mol. The summed E-state index contributed by atoms with van der Waals surface area (Å²) in [4.78, 5) is 63.3. The van der Waals surface area contributed by atoms with Crippen molar-refractivity contribution in [3.8, 4) is 23.0 Å². The summed E-state index contributed by atoms with van der Waals surface area (Å²) in [5.41, 5.74) is 4.62. The number of aliphatic hydroxyl groups is 1. The number of ether oxygens (including phenoxy) is 5. The van der Waals surface area contributed by atoms with Crippen LogP contribution in [0.2, 0.25) is 0 Å². The molecule has 4 fully saturated rings. The first-order valence-electron chi connectivity index (χ1n) is 32.1. The fourth-order valence-corrected chi connectivity index (χ4v) is 9.85. The van der Waals surface area contributed by atoms with E-state index in [-0.39, 0.29) is 65.4 Å². The van der Waals surface area contributed by atoms with E-state index in [0.717, 1.165) is 70.5 Å². The van der Waals surface area contributed by atoms with Crippen molar-refractivity contribution in [2.24, 2.45) is 37.8 Å². The third-order valence-electron chi connectivity index (χ3n) is 15.2. The summed E-state index contributed by atoms with van der Waals surface area (Å²) in [6.07, 6.45) is 7.18. The molecule has 5 N–H and O–H groups in total. The number of nitrogens with one attached hydrogen (secondary N) is 1. The van der Waals surface area contributed by atoms with Gasteiger partial charge in [-0.15, -0.1) is 0 Å². The van der Waals surface area contributed by atoms with E-state index in [1.165, 1.54) is 82.2 Å². The predicted octanol–water partition coefficient (Wildman–Crippen LogP) is 10.4. The maximum atomic E-state index is 13.2. The Morgan fingerprint density at radius 2 is 0.884 bits per heavy atom. The molecule has 0 atom stereocenters. The second-order valence-corrected chi connectivity index (χ2v) is 25.5. The highest BCUT2D eigenvalue weighted by Crippen LogP contribution is 2.25. The van der Waals surface area contributed by atoms with Gasteiger partial charge in [0.05, 0.1) is 31.9 Å². The maximum absolute atomic E-state index is 13.2. The van der Waals surface area contributed by atoms with Gasteiger partial charge in [0.15, 0.2) is 0 Å². The average Bonchev–Trinajstić information content (AvgIpc) is 1.67. The number of aliphatic hydroxyl groups excluding tert-OH is 1. The number of nitrogen functional groups attached to an aromatic ring is 1. The third kappa shape index (κ3) is 30.9. The van der Waals surface area contributed by atoms with Crippen molar-refractivity contribution in [1.82, 2.24) is 39.6 Å². The predicted molar refractivity (Wildman–Crippen MR) is 354 cm³/mol. The molecule has 6 aromatic rings. The molecule has 4 aliphatic heterocycles. The number of likely N-dealkylation sites (tertiary alicyclic amines) is 3. The van der Waals surface area contributed by atoms with Crippen LogP contribution in [-0.4, -0.2) is 153 Å². The van der Waals surface area contributed by atoms with Gasteiger partial charge in [0, 0.05) is 96.4 Å². The number of amides is 3. The molecule has 95 heavy (non-hydrogen) atoms. The Balaban J connectivity index is 0.000000215. The summed E-state index contributed by atoms with van der Waals surface area (Å²) in [6, 6.07) is 29.7. The number of rotatable bonds is 12. The van der Waals surface area contributed by atoms with Gasteiger partial charge < -0.3 is 59.6 Å². The van der Waals surface area contributed by atoms with Gasteiger partial charge in [-0.1, -0.05) is 24.3 Å². The lowest BCUT2D eigenvalue weighted by Crippen LogP contribution is -2.42. The average molecular weight is 1330 g/mol. The van der Waals surface area contributed by atoms with Crippen LogP contribution >= 0.6 is 0 Å². The van der Waals surface area contributed by atoms with Crippen molar-refractivity contribution < 1.29 is 65.8 Å². The standard InChI is InChI=1S/C19H22FN3O3.C17H24FNO3.C12H16FNO.C11H21NO3.C6H5FO.C5H7N3O/c1-22-18(24)6-5-16(21-22)12-19(25)23-9-7-14(8-10-23)13-26-17-4-2-3-15(20)11-17;1-17(2,3)22-16(20)19-9-7-13(8-10-19)12-21-15-6-4-5-14(18)11-15;13-11-2-1-3-12(8-11)15-9-10-4-6-14-7-5-10;1-11(2,3)15-10(14)12-6-4-9(8-13)5-7-12;7-5-2-1-3-6(8)4-5;1-8-5(9)3-2-4(6)7-8/h2-6,11,14H,7-10,12-13H2,1H3;4-6,11,13H,7-10,12H2,1-3H3;1-3,8,10,14H,4-7,9H2;9,13H,4-8H2,1-3H3;1-4,8H;2-3H,1H3,(H2,6,7). The lowest BCUT2D eigenvalue weighted by Gasteiger charge is -2.33. The Hall–Kier alpha value is -8.71. The van der Waals surface area contributed by atoms with E-state index in [1.807, 2.05) is 46.4 Å². The zero-order chi connectivity index (χ0) is 69.5. The number of carbonyl (C=O) groups is 3. The van der Waals surface area contributed by atoms with Crippen LogP contribution in [0.15, 0.2) is 131 Å². The molecule has 25 heteroatoms. The van der Waals surface area contributed by atoms with Crippen LogP contribution in [0.1, 0.15) is 98.6 Å². The van der Waals surface area contributed by atoms with Crippen LogP contribution in [0, 0.1) is 46.9 Å². The zero-order valence-corrected chi connectivity index (χ0v) is 55.9. The summed E-state index contributed by atoms with van der Waals surface area (Å²) in [6.45, 7) is 19.4. The summed E-state index contributed by atoms with van der Waals surface area (Å²) >= 11 is 0. The van der Waals surface area contributed by atoms with Crippen molar-refractivity contribution in [2.75, 3.05) is 84.5 Å². The molecule has 0 bridgehead atoms. The van der Waals surface area contributed by atoms with Gasteiger partial charge in [0.2, 0.25) is 5.91 Å². The fourth-order valence-electron chi connectivity index (χ4n) is 9.85. The van der Waals surface area contributed by atoms with E-state index in [0.29, 0.717) is 112 Å². The molecule has 0 unspecified atom stereocenters. The van der Waals surface area contributed by atoms with E-state index < -0.39 is 17.0 Å². The number of nitrogens with two attached hydrogens (primary N) is 1. The number of piperidine rings is 4. The first-order chi connectivity index (χ1) is 45.1. The van der Waals surface area contributed by atoms with Crippen molar-refractivity contribution in [3.63, 3.8) is 0 Å². The number of aromatic hydroxyl groups is 1. The van der Waals surface area contributed by atoms with E-state index in [4.69, 9.17) is 39.6 Å². The zero-order valence-electron chi connectivity index (χ0n) is 55.9. The number of halogens is 4. The Morgan fingerprint density at radius 1 is 0.516 bits per heavy atom. The minimum Gasteiger partial charge on any atom is -0.508 e. The van der Waals surface area contributed by atoms with Crippen LogP contribution in [0.25, 0.3) is 0 Å². The summed E-state index contributed by atoms with van der Waals surface area (Å²) < 4.78 is 81.0. The molecular weight excluding hydrogens is 1230 g/mol. The van der Waals surface area contributed by atoms with Gasteiger partial charge in [0.25, 0.3) is 11.1 Å². The SMILES string of the molecule is CC(C)(C)OC(=O)N1CCC(CO)CC1.CC(C)(C)OC(=O)N1CCC(COc2cccc(F)c2)CC1.Cn1nc(CC(=O)N2CCC(COc3cccc(F)c3)CC2)ccc1=O.Cn1nc(N)ccc1=O.Fc1cccc(OCC2CCNCC2)c1.Oc1cccc(F)c1. The molecule has 21 nitrogen and oxygen atoms in total. The number of hydrogen-bond acceptors (Lipinski definition) is 16. The molecule has 6 heterocycles. The summed E-state index contributed by atoms with van der Waals surface area (Å²) in [5, 5.41) is 28.6. The maximum Gasteiger partial charge on any atom is 0.410 e. The highest BCUT2D eigenvalue weighted by atomic mass is 19.1. The van der Waals surface area contributed by atoms with Crippen molar-refractivity contribution >= 4 is 23.9 Å². The van der Waals surface area contributed by atoms with Crippen LogP contribution in [0.4, 0.5) is 33.0 Å². The van der Waals surface area contributed by atoms with Gasteiger partial charge in [-0.25, -0.2) is 36.5 Å². The van der Waals surface area contributed by atoms with Crippen LogP contribution in [0.3, 0.4) is 0 Å². The fraction of sp³-hybridized carbons (Fsp3) is 0.500. The van der Waals surface area contributed by atoms with Gasteiger partial charge in [0.1, 0.15) is 63.3 Å². The first-order valence-corrected chi connectivity index (χ1v) is 32.1. The Bertz CT molecular complexity index is 3390. The van der Waals surface area contributed by atoms with Gasteiger partial charge in [-0.3, -0.25) is 14.4 Å². The molecule has 0 radical (unpaired) electrons. The molecular formula is C70H95F4N9O12. The largest absolute Gasteiger partial charge is 0.508 e. The van der Waals surface area contributed by atoms with Crippen LogP contribution < -0.4 is 36.4 Å². The number of phenols is 1. The number of benzene rings is 4. The number of phenolic OH excluding ortho intramolecular Hbond substituents is 1. The number of aromatic nitrogens is 4. The van der Waals surface area contributed by atoms with Crippen molar-refractivity contribution in [1.29, 1.82) is 0 Å². The van der Waals surface area contributed by atoms with Crippen LogP contribution in [-0.2, 0) is 34.8 Å². The molecule has 4 saturated heterocycles. The first kappa shape index (κ1) is 77.0. The van der Waals surface area contributed by atoms with Gasteiger partial charge in [-0.2, -0.15) is 10.2 Å². The molecule has 520 valence electrons. The lowest BCUT2D eigenvalue weighted by atomic mass is 9.97. The van der Waals surface area contributed by atoms with E-state index >= 15 is 0 Å². The number of nitrogens with zero attached hydrogens (tertiary/aromatic N) is 7. The molecule has 3 amide bonds. The lowest BCUT2D eigenvalue weighted by molar-refractivity contribution is -0.132. The Kier molecular flexibility index (Phi) is 31.8. The number of carbonyl (C=O) groups excluding carboxylic acids is 3. The molecule has 0 aliphatic carbocycles. The van der Waals surface area contributed by atoms with E-state index in [2.05, 4.69) is 15.5 Å². The molecule has 0 saturated carbocycles. The Labute approximate surface area is 554 Å². The summed E-state index contributed by atoms with van der Waals surface area (Å²) in [5.74, 6) is 2.48. The normalized spacial score (nSPS) is 15.4. The van der Waals surface area contributed by atoms with Crippen LogP contribution in [0.5, 0.6) is 23.0 Å². The highest BCUT2D eigenvalue weighted by Gasteiger charge is 2.29. The van der Waals surface area contributed by atoms with Crippen molar-refractivity contribution in [3.05, 3.63) is 171 Å². The third-order valence-corrected chi connectivity index (χ3v) is 15.2.